The lowest BCUT2D eigenvalue weighted by molar-refractivity contribution is 0.0696. The third kappa shape index (κ3) is 5.06. The van der Waals surface area contributed by atoms with E-state index in [4.69, 9.17) is 0 Å². The first kappa shape index (κ1) is 19.0. The van der Waals surface area contributed by atoms with Crippen molar-refractivity contribution in [3.05, 3.63) is 76.4 Å². The second kappa shape index (κ2) is 8.15. The average molecular weight is 336 g/mol. The van der Waals surface area contributed by atoms with Crippen molar-refractivity contribution < 1.29 is 9.90 Å². The minimum absolute atomic E-state index is 0.245. The van der Waals surface area contributed by atoms with Gasteiger partial charge in [-0.15, -0.1) is 0 Å². The average Bonchev–Trinajstić information content (AvgIpc) is 2.54. The zero-order chi connectivity index (χ0) is 18.4. The van der Waals surface area contributed by atoms with Gasteiger partial charge in [0.05, 0.1) is 5.56 Å². The minimum atomic E-state index is -0.900. The summed E-state index contributed by atoms with van der Waals surface area (Å²) in [6.07, 6.45) is 13.9. The summed E-state index contributed by atoms with van der Waals surface area (Å²) in [5.74, 6) is -0.900. The second-order valence-electron chi connectivity index (χ2n) is 7.43. The number of carboxylic acids is 1. The van der Waals surface area contributed by atoms with E-state index in [0.29, 0.717) is 5.56 Å². The van der Waals surface area contributed by atoms with Gasteiger partial charge in [0.15, 0.2) is 0 Å². The molecule has 25 heavy (non-hydrogen) atoms. The van der Waals surface area contributed by atoms with Crippen LogP contribution in [0.4, 0.5) is 0 Å². The molecule has 0 saturated carbocycles. The van der Waals surface area contributed by atoms with Crippen molar-refractivity contribution >= 4 is 12.0 Å². The summed E-state index contributed by atoms with van der Waals surface area (Å²) >= 11 is 0. The number of rotatable bonds is 5. The molecular weight excluding hydrogens is 308 g/mol. The normalized spacial score (nSPS) is 18.3. The Morgan fingerprint density at radius 3 is 2.60 bits per heavy atom. The van der Waals surface area contributed by atoms with Gasteiger partial charge < -0.3 is 5.11 Å². The van der Waals surface area contributed by atoms with E-state index >= 15 is 0 Å². The highest BCUT2D eigenvalue weighted by Gasteiger charge is 2.26. The van der Waals surface area contributed by atoms with Crippen molar-refractivity contribution in [2.24, 2.45) is 5.41 Å². The molecule has 1 aromatic rings. The topological polar surface area (TPSA) is 37.3 Å². The monoisotopic (exact) mass is 336 g/mol. The number of allylic oxidation sites excluding steroid dienone is 7. The molecule has 0 aliphatic heterocycles. The van der Waals surface area contributed by atoms with E-state index in [1.807, 2.05) is 30.4 Å². The Kier molecular flexibility index (Phi) is 6.19. The van der Waals surface area contributed by atoms with Crippen LogP contribution in [0.15, 0.2) is 65.3 Å². The molecule has 0 heterocycles. The van der Waals surface area contributed by atoms with Gasteiger partial charge in [0.25, 0.3) is 0 Å². The summed E-state index contributed by atoms with van der Waals surface area (Å²) in [4.78, 5) is 11.2. The minimum Gasteiger partial charge on any atom is -0.478 e. The molecule has 2 heteroatoms. The van der Waals surface area contributed by atoms with Crippen LogP contribution >= 0.6 is 0 Å². The van der Waals surface area contributed by atoms with Gasteiger partial charge in [-0.05, 0) is 55.7 Å². The maximum Gasteiger partial charge on any atom is 0.336 e. The Bertz CT molecular complexity index is 758. The fourth-order valence-electron chi connectivity index (χ4n) is 3.42. The van der Waals surface area contributed by atoms with Crippen molar-refractivity contribution in [2.75, 3.05) is 0 Å². The van der Waals surface area contributed by atoms with Crippen molar-refractivity contribution in [3.8, 4) is 0 Å². The summed E-state index contributed by atoms with van der Waals surface area (Å²) in [6, 6.07) is 7.03. The fraction of sp³-hybridized carbons (Fsp3) is 0.348. The molecule has 2 nitrogen and oxygen atoms in total. The standard InChI is InChI=1S/C23H28O2/c1-17(14-15-21-18(2)10-8-16-23(21,3)4)9-7-12-19-11-5-6-13-20(19)22(24)25/h5-7,9,11-15H,8,10,16H2,1-4H3,(H,24,25)/b12-7+,15-14+,17-9+. The van der Waals surface area contributed by atoms with Gasteiger partial charge in [0.1, 0.15) is 0 Å². The predicted molar refractivity (Wildman–Crippen MR) is 106 cm³/mol. The molecule has 0 fully saturated rings. The molecule has 0 radical (unpaired) electrons. The van der Waals surface area contributed by atoms with Crippen molar-refractivity contribution in [3.63, 3.8) is 0 Å². The highest BCUT2D eigenvalue weighted by atomic mass is 16.4. The van der Waals surface area contributed by atoms with E-state index in [0.717, 1.165) is 11.1 Å². The maximum atomic E-state index is 11.2. The second-order valence-corrected chi connectivity index (χ2v) is 7.43. The fourth-order valence-corrected chi connectivity index (χ4v) is 3.42. The third-order valence-electron chi connectivity index (χ3n) is 4.88. The first-order valence-corrected chi connectivity index (χ1v) is 8.87. The highest BCUT2D eigenvalue weighted by molar-refractivity contribution is 5.92. The van der Waals surface area contributed by atoms with Crippen LogP contribution in [0.5, 0.6) is 0 Å². The summed E-state index contributed by atoms with van der Waals surface area (Å²) in [5.41, 5.74) is 5.37. The number of carboxylic acid groups (broad SMARTS) is 1. The molecule has 0 spiro atoms. The molecule has 1 aromatic carbocycles. The molecular formula is C23H28O2. The van der Waals surface area contributed by atoms with E-state index in [9.17, 15) is 9.90 Å². The van der Waals surface area contributed by atoms with Crippen LogP contribution in [0.25, 0.3) is 6.08 Å². The van der Waals surface area contributed by atoms with Gasteiger partial charge in [-0.3, -0.25) is 0 Å². The molecule has 0 saturated heterocycles. The Balaban J connectivity index is 2.14. The summed E-state index contributed by atoms with van der Waals surface area (Å²) in [6.45, 7) is 8.94. The van der Waals surface area contributed by atoms with Crippen LogP contribution in [-0.4, -0.2) is 11.1 Å². The van der Waals surface area contributed by atoms with Gasteiger partial charge in [-0.1, -0.05) is 73.6 Å². The Morgan fingerprint density at radius 1 is 1.20 bits per heavy atom. The molecule has 0 aromatic heterocycles. The van der Waals surface area contributed by atoms with Crippen molar-refractivity contribution in [1.29, 1.82) is 0 Å². The first-order valence-electron chi connectivity index (χ1n) is 8.87. The summed E-state index contributed by atoms with van der Waals surface area (Å²) in [5, 5.41) is 9.21. The summed E-state index contributed by atoms with van der Waals surface area (Å²) < 4.78 is 0. The Labute approximate surface area is 151 Å². The number of hydrogen-bond acceptors (Lipinski definition) is 1. The Hall–Kier alpha value is -2.35. The van der Waals surface area contributed by atoms with Gasteiger partial charge in [-0.2, -0.15) is 0 Å². The van der Waals surface area contributed by atoms with Gasteiger partial charge in [0, 0.05) is 0 Å². The molecule has 1 N–H and O–H groups in total. The van der Waals surface area contributed by atoms with Crippen LogP contribution in [0.1, 0.15) is 62.9 Å². The zero-order valence-corrected chi connectivity index (χ0v) is 15.7. The number of benzene rings is 1. The molecule has 1 aliphatic rings. The van der Waals surface area contributed by atoms with E-state index in [1.165, 1.54) is 30.4 Å². The van der Waals surface area contributed by atoms with E-state index < -0.39 is 5.97 Å². The Morgan fingerprint density at radius 2 is 1.92 bits per heavy atom. The predicted octanol–water partition coefficient (Wildman–Crippen LogP) is 6.43. The zero-order valence-electron chi connectivity index (χ0n) is 15.7. The highest BCUT2D eigenvalue weighted by Crippen LogP contribution is 2.40. The van der Waals surface area contributed by atoms with Crippen molar-refractivity contribution in [2.45, 2.75) is 47.0 Å². The molecule has 0 unspecified atom stereocenters. The SMILES string of the molecule is CC1=C(/C=C/C(C)=C/C=C/c2ccccc2C(=O)O)C(C)(C)CCC1. The lowest BCUT2D eigenvalue weighted by atomic mass is 9.72. The van der Waals surface area contributed by atoms with Crippen LogP contribution in [0.2, 0.25) is 0 Å². The van der Waals surface area contributed by atoms with Gasteiger partial charge in [0.2, 0.25) is 0 Å². The number of carbonyl (C=O) groups is 1. The maximum absolute atomic E-state index is 11.2. The quantitative estimate of drug-likeness (QED) is 0.629. The molecule has 1 aliphatic carbocycles. The van der Waals surface area contributed by atoms with Crippen LogP contribution in [0, 0.1) is 5.41 Å². The number of hydrogen-bond donors (Lipinski definition) is 1. The smallest absolute Gasteiger partial charge is 0.336 e. The molecule has 132 valence electrons. The van der Waals surface area contributed by atoms with E-state index in [-0.39, 0.29) is 5.41 Å². The van der Waals surface area contributed by atoms with E-state index in [2.05, 4.69) is 39.8 Å². The number of aromatic carboxylic acids is 1. The van der Waals surface area contributed by atoms with Gasteiger partial charge in [-0.25, -0.2) is 4.79 Å². The molecule has 0 bridgehead atoms. The van der Waals surface area contributed by atoms with Crippen LogP contribution in [-0.2, 0) is 0 Å². The van der Waals surface area contributed by atoms with Gasteiger partial charge >= 0.3 is 5.97 Å². The lowest BCUT2D eigenvalue weighted by Crippen LogP contribution is -2.19. The summed E-state index contributed by atoms with van der Waals surface area (Å²) in [7, 11) is 0. The molecule has 0 amide bonds. The van der Waals surface area contributed by atoms with Crippen LogP contribution < -0.4 is 0 Å². The van der Waals surface area contributed by atoms with E-state index in [1.54, 1.807) is 12.1 Å². The lowest BCUT2D eigenvalue weighted by Gasteiger charge is -2.32. The first-order chi connectivity index (χ1) is 11.8. The molecule has 0 atom stereocenters. The van der Waals surface area contributed by atoms with Crippen LogP contribution in [0.3, 0.4) is 0 Å². The molecule has 2 rings (SSSR count). The largest absolute Gasteiger partial charge is 0.478 e. The third-order valence-corrected chi connectivity index (χ3v) is 4.88. The van der Waals surface area contributed by atoms with Crippen molar-refractivity contribution in [1.82, 2.24) is 0 Å².